The van der Waals surface area contributed by atoms with Crippen LogP contribution in [0.3, 0.4) is 0 Å². The Labute approximate surface area is 116 Å². The predicted molar refractivity (Wildman–Crippen MR) is 73.9 cm³/mol. The highest BCUT2D eigenvalue weighted by atomic mass is 19.4. The molecular formula is C14H19F3N2O. The van der Waals surface area contributed by atoms with E-state index in [1.165, 1.54) is 6.07 Å². The number of halogens is 3. The van der Waals surface area contributed by atoms with Crippen molar-refractivity contribution >= 4 is 17.3 Å². The molecule has 0 unspecified atom stereocenters. The van der Waals surface area contributed by atoms with Gasteiger partial charge in [-0.1, -0.05) is 13.8 Å². The van der Waals surface area contributed by atoms with Crippen molar-refractivity contribution in [2.75, 3.05) is 24.3 Å². The number of nitrogens with one attached hydrogen (secondary N) is 1. The third-order valence-corrected chi connectivity index (χ3v) is 2.67. The molecule has 0 fully saturated rings. The Morgan fingerprint density at radius 2 is 1.90 bits per heavy atom. The summed E-state index contributed by atoms with van der Waals surface area (Å²) in [5.41, 5.74) is -0.0615. The van der Waals surface area contributed by atoms with Crippen molar-refractivity contribution in [1.29, 1.82) is 0 Å². The van der Waals surface area contributed by atoms with Gasteiger partial charge in [0.15, 0.2) is 0 Å². The summed E-state index contributed by atoms with van der Waals surface area (Å²) < 4.78 is 38.2. The minimum absolute atomic E-state index is 0.142. The van der Waals surface area contributed by atoms with Crippen LogP contribution in [-0.2, 0) is 11.0 Å². The van der Waals surface area contributed by atoms with E-state index in [1.807, 2.05) is 13.8 Å². The molecule has 0 radical (unpaired) electrons. The van der Waals surface area contributed by atoms with Crippen molar-refractivity contribution in [2.24, 2.45) is 5.92 Å². The molecule has 0 aliphatic heterocycles. The maximum atomic E-state index is 12.7. The van der Waals surface area contributed by atoms with Gasteiger partial charge in [-0.25, -0.2) is 0 Å². The second-order valence-electron chi connectivity index (χ2n) is 5.27. The summed E-state index contributed by atoms with van der Waals surface area (Å²) in [6, 6.07) is 3.33. The molecule has 3 nitrogen and oxygen atoms in total. The van der Waals surface area contributed by atoms with E-state index < -0.39 is 11.7 Å². The molecule has 1 aromatic rings. The van der Waals surface area contributed by atoms with Crippen molar-refractivity contribution in [2.45, 2.75) is 26.4 Å². The molecule has 1 aromatic carbocycles. The Morgan fingerprint density at radius 3 is 2.35 bits per heavy atom. The van der Waals surface area contributed by atoms with Gasteiger partial charge in [-0.2, -0.15) is 13.2 Å². The van der Waals surface area contributed by atoms with Gasteiger partial charge in [0.2, 0.25) is 5.91 Å². The maximum absolute atomic E-state index is 12.7. The normalized spacial score (nSPS) is 11.6. The van der Waals surface area contributed by atoms with Crippen LogP contribution in [0.5, 0.6) is 0 Å². The first-order valence-corrected chi connectivity index (χ1v) is 6.29. The molecule has 0 aliphatic rings. The van der Waals surface area contributed by atoms with Crippen molar-refractivity contribution in [3.63, 3.8) is 0 Å². The number of benzene rings is 1. The topological polar surface area (TPSA) is 32.3 Å². The number of hydrogen-bond donors (Lipinski definition) is 1. The molecular weight excluding hydrogens is 269 g/mol. The quantitative estimate of drug-likeness (QED) is 0.915. The fourth-order valence-electron chi connectivity index (χ4n) is 1.77. The summed E-state index contributed by atoms with van der Waals surface area (Å²) in [4.78, 5) is 13.4. The Hall–Kier alpha value is -1.72. The number of amides is 1. The molecule has 0 saturated heterocycles. The maximum Gasteiger partial charge on any atom is 0.416 e. The number of carbonyl (C=O) groups excluding carboxylic acids is 1. The molecule has 0 atom stereocenters. The molecule has 6 heteroatoms. The van der Waals surface area contributed by atoms with Crippen molar-refractivity contribution in [3.05, 3.63) is 23.8 Å². The minimum atomic E-state index is -4.43. The van der Waals surface area contributed by atoms with Gasteiger partial charge in [-0.15, -0.1) is 0 Å². The zero-order valence-electron chi connectivity index (χ0n) is 12.0. The fourth-order valence-corrected chi connectivity index (χ4v) is 1.77. The van der Waals surface area contributed by atoms with E-state index >= 15 is 0 Å². The lowest BCUT2D eigenvalue weighted by Crippen LogP contribution is -2.18. The van der Waals surface area contributed by atoms with E-state index in [0.717, 1.165) is 12.1 Å². The third-order valence-electron chi connectivity index (χ3n) is 2.67. The first-order chi connectivity index (χ1) is 9.11. The molecule has 20 heavy (non-hydrogen) atoms. The fraction of sp³-hybridized carbons (Fsp3) is 0.500. The van der Waals surface area contributed by atoms with Crippen LogP contribution in [0, 0.1) is 5.92 Å². The molecule has 0 saturated carbocycles. The van der Waals surface area contributed by atoms with Crippen molar-refractivity contribution in [3.8, 4) is 0 Å². The summed E-state index contributed by atoms with van der Waals surface area (Å²) >= 11 is 0. The van der Waals surface area contributed by atoms with Gasteiger partial charge in [0.05, 0.1) is 16.9 Å². The number of nitrogens with zero attached hydrogens (tertiary/aromatic N) is 1. The zero-order chi connectivity index (χ0) is 15.5. The van der Waals surface area contributed by atoms with E-state index in [-0.39, 0.29) is 23.9 Å². The Bertz CT molecular complexity index is 482. The van der Waals surface area contributed by atoms with Gasteiger partial charge in [-0.3, -0.25) is 4.79 Å². The molecule has 112 valence electrons. The van der Waals surface area contributed by atoms with E-state index in [2.05, 4.69) is 5.32 Å². The number of hydrogen-bond acceptors (Lipinski definition) is 2. The van der Waals surface area contributed by atoms with Gasteiger partial charge in [-0.05, 0) is 24.1 Å². The third kappa shape index (κ3) is 4.43. The average Bonchev–Trinajstić information content (AvgIpc) is 2.25. The highest BCUT2D eigenvalue weighted by molar-refractivity contribution is 5.94. The molecule has 0 bridgehead atoms. The number of alkyl halides is 3. The van der Waals surface area contributed by atoms with Crippen LogP contribution < -0.4 is 10.2 Å². The molecule has 1 N–H and O–H groups in total. The Balaban J connectivity index is 3.10. The second kappa shape index (κ2) is 6.15. The molecule has 0 heterocycles. The average molecular weight is 288 g/mol. The number of anilines is 2. The summed E-state index contributed by atoms with van der Waals surface area (Å²) in [6.07, 6.45) is -4.16. The molecule has 1 amide bonds. The lowest BCUT2D eigenvalue weighted by atomic mass is 10.1. The van der Waals surface area contributed by atoms with Gasteiger partial charge in [0.25, 0.3) is 0 Å². The van der Waals surface area contributed by atoms with Crippen molar-refractivity contribution in [1.82, 2.24) is 0 Å². The van der Waals surface area contributed by atoms with Crippen LogP contribution in [0.25, 0.3) is 0 Å². The molecule has 0 spiro atoms. The van der Waals surface area contributed by atoms with Crippen LogP contribution in [0.15, 0.2) is 18.2 Å². The number of carbonyl (C=O) groups is 1. The van der Waals surface area contributed by atoms with Gasteiger partial charge in [0.1, 0.15) is 0 Å². The van der Waals surface area contributed by atoms with E-state index in [0.29, 0.717) is 5.69 Å². The van der Waals surface area contributed by atoms with Crippen molar-refractivity contribution < 1.29 is 18.0 Å². The van der Waals surface area contributed by atoms with Gasteiger partial charge in [0, 0.05) is 20.5 Å². The number of rotatable bonds is 4. The second-order valence-corrected chi connectivity index (χ2v) is 5.27. The molecule has 0 aromatic heterocycles. The first kappa shape index (κ1) is 16.3. The van der Waals surface area contributed by atoms with Crippen LogP contribution in [0.2, 0.25) is 0 Å². The summed E-state index contributed by atoms with van der Waals surface area (Å²) in [5.74, 6) is -0.147. The van der Waals surface area contributed by atoms with Crippen LogP contribution in [-0.4, -0.2) is 20.0 Å². The minimum Gasteiger partial charge on any atom is -0.376 e. The summed E-state index contributed by atoms with van der Waals surface area (Å²) in [6.45, 7) is 3.75. The van der Waals surface area contributed by atoms with Crippen LogP contribution in [0.1, 0.15) is 25.8 Å². The highest BCUT2D eigenvalue weighted by Crippen LogP contribution is 2.35. The summed E-state index contributed by atoms with van der Waals surface area (Å²) in [7, 11) is 3.42. The first-order valence-electron chi connectivity index (χ1n) is 6.29. The molecule has 0 aliphatic carbocycles. The van der Waals surface area contributed by atoms with Crippen LogP contribution in [0.4, 0.5) is 24.5 Å². The predicted octanol–water partition coefficient (Wildman–Crippen LogP) is 3.76. The lowest BCUT2D eigenvalue weighted by molar-refractivity contribution is -0.137. The Morgan fingerprint density at radius 1 is 1.30 bits per heavy atom. The standard InChI is InChI=1S/C14H19F3N2O/c1-9(2)7-13(20)18-11-8-10(14(15,16)17)5-6-12(11)19(3)4/h5-6,8-9H,7H2,1-4H3,(H,18,20). The SMILES string of the molecule is CC(C)CC(=O)Nc1cc(C(F)(F)F)ccc1N(C)C. The lowest BCUT2D eigenvalue weighted by Gasteiger charge is -2.20. The van der Waals surface area contributed by atoms with Gasteiger partial charge >= 0.3 is 6.18 Å². The van der Waals surface area contributed by atoms with E-state index in [4.69, 9.17) is 0 Å². The Kier molecular flexibility index (Phi) is 5.03. The smallest absolute Gasteiger partial charge is 0.376 e. The largest absolute Gasteiger partial charge is 0.416 e. The highest BCUT2D eigenvalue weighted by Gasteiger charge is 2.31. The molecule has 1 rings (SSSR count). The zero-order valence-corrected chi connectivity index (χ0v) is 12.0. The van der Waals surface area contributed by atoms with Crippen LogP contribution >= 0.6 is 0 Å². The van der Waals surface area contributed by atoms with Gasteiger partial charge < -0.3 is 10.2 Å². The van der Waals surface area contributed by atoms with E-state index in [1.54, 1.807) is 19.0 Å². The summed E-state index contributed by atoms with van der Waals surface area (Å²) in [5, 5.41) is 2.56. The monoisotopic (exact) mass is 288 g/mol. The van der Waals surface area contributed by atoms with E-state index in [9.17, 15) is 18.0 Å².